The summed E-state index contributed by atoms with van der Waals surface area (Å²) in [6.45, 7) is 0. The lowest BCUT2D eigenvalue weighted by molar-refractivity contribution is -0.385. The van der Waals surface area contributed by atoms with Crippen molar-refractivity contribution in [2.75, 3.05) is 7.11 Å². The number of nitrogens with one attached hydrogen (secondary N) is 1. The zero-order valence-corrected chi connectivity index (χ0v) is 16.0. The molecular weight excluding hydrogens is 376 g/mol. The van der Waals surface area contributed by atoms with Gasteiger partial charge in [-0.15, -0.1) is 0 Å². The van der Waals surface area contributed by atoms with Gasteiger partial charge >= 0.3 is 11.7 Å². The first-order valence-electron chi connectivity index (χ1n) is 9.34. The fourth-order valence-electron chi connectivity index (χ4n) is 3.82. The average Bonchev–Trinajstić information content (AvgIpc) is 2.72. The molecule has 0 aliphatic heterocycles. The first-order chi connectivity index (χ1) is 13.9. The van der Waals surface area contributed by atoms with Gasteiger partial charge in [-0.25, -0.2) is 4.79 Å². The third-order valence-electron chi connectivity index (χ3n) is 5.26. The van der Waals surface area contributed by atoms with Crippen molar-refractivity contribution in [1.29, 1.82) is 0 Å². The number of aliphatic carboxylic acids is 1. The highest BCUT2D eigenvalue weighted by atomic mass is 16.6. The fourth-order valence-corrected chi connectivity index (χ4v) is 3.82. The summed E-state index contributed by atoms with van der Waals surface area (Å²) in [7, 11) is 1.27. The molecule has 0 radical (unpaired) electrons. The van der Waals surface area contributed by atoms with E-state index in [1.807, 2.05) is 18.2 Å². The number of nitro groups is 1. The van der Waals surface area contributed by atoms with Gasteiger partial charge in [0, 0.05) is 17.7 Å². The molecule has 0 heterocycles. The van der Waals surface area contributed by atoms with Crippen LogP contribution in [-0.2, 0) is 11.2 Å². The Morgan fingerprint density at radius 3 is 2.76 bits per heavy atom. The van der Waals surface area contributed by atoms with Crippen LogP contribution in [0.15, 0.2) is 42.5 Å². The van der Waals surface area contributed by atoms with Gasteiger partial charge < -0.3 is 15.2 Å². The van der Waals surface area contributed by atoms with E-state index in [4.69, 9.17) is 4.74 Å². The highest BCUT2D eigenvalue weighted by Gasteiger charge is 2.29. The Bertz CT molecular complexity index is 943. The first-order valence-corrected chi connectivity index (χ1v) is 9.34. The molecule has 0 bridgehead atoms. The molecule has 152 valence electrons. The molecule has 2 aromatic carbocycles. The van der Waals surface area contributed by atoms with Crippen LogP contribution in [0.5, 0.6) is 5.75 Å². The fraction of sp³-hybridized carbons (Fsp3) is 0.333. The highest BCUT2D eigenvalue weighted by molar-refractivity contribution is 5.97. The normalized spacial score (nSPS) is 16.4. The number of ether oxygens (including phenoxy) is 1. The predicted octanol–water partition coefficient (Wildman–Crippen LogP) is 3.30. The van der Waals surface area contributed by atoms with E-state index in [1.165, 1.54) is 30.9 Å². The van der Waals surface area contributed by atoms with E-state index in [0.29, 0.717) is 0 Å². The maximum Gasteiger partial charge on any atom is 0.326 e. The Hall–Kier alpha value is -3.42. The van der Waals surface area contributed by atoms with Crippen LogP contribution in [0, 0.1) is 10.1 Å². The molecule has 0 fully saturated rings. The van der Waals surface area contributed by atoms with Gasteiger partial charge in [0.1, 0.15) is 6.04 Å². The maximum atomic E-state index is 12.6. The largest absolute Gasteiger partial charge is 0.490 e. The molecule has 2 aromatic rings. The van der Waals surface area contributed by atoms with Gasteiger partial charge in [-0.1, -0.05) is 24.3 Å². The average molecular weight is 398 g/mol. The van der Waals surface area contributed by atoms with Gasteiger partial charge in [-0.05, 0) is 48.8 Å². The number of aryl methyl sites for hydroxylation is 1. The van der Waals surface area contributed by atoms with Crippen molar-refractivity contribution in [3.63, 3.8) is 0 Å². The molecule has 0 saturated carbocycles. The predicted molar refractivity (Wildman–Crippen MR) is 105 cm³/mol. The summed E-state index contributed by atoms with van der Waals surface area (Å²) in [5, 5.41) is 23.2. The van der Waals surface area contributed by atoms with Crippen LogP contribution in [0.25, 0.3) is 0 Å². The zero-order chi connectivity index (χ0) is 21.0. The van der Waals surface area contributed by atoms with Crippen molar-refractivity contribution in [3.8, 4) is 5.75 Å². The maximum absolute atomic E-state index is 12.6. The number of nitro benzene ring substituents is 1. The second-order valence-corrected chi connectivity index (χ2v) is 7.03. The van der Waals surface area contributed by atoms with Crippen molar-refractivity contribution in [2.24, 2.45) is 0 Å². The number of carbonyl (C=O) groups excluding carboxylic acids is 1. The number of hydrogen-bond acceptors (Lipinski definition) is 5. The van der Waals surface area contributed by atoms with Crippen LogP contribution in [0.4, 0.5) is 5.69 Å². The molecule has 29 heavy (non-hydrogen) atoms. The van der Waals surface area contributed by atoms with E-state index < -0.39 is 22.8 Å². The number of amides is 1. The number of rotatable bonds is 7. The van der Waals surface area contributed by atoms with Crippen LogP contribution in [0.2, 0.25) is 0 Å². The molecule has 0 spiro atoms. The third-order valence-corrected chi connectivity index (χ3v) is 5.26. The summed E-state index contributed by atoms with van der Waals surface area (Å²) in [5.74, 6) is -1.74. The smallest absolute Gasteiger partial charge is 0.326 e. The van der Waals surface area contributed by atoms with E-state index in [2.05, 4.69) is 11.4 Å². The monoisotopic (exact) mass is 398 g/mol. The molecule has 1 aliphatic rings. The number of nitrogens with zero attached hydrogens (tertiary/aromatic N) is 1. The summed E-state index contributed by atoms with van der Waals surface area (Å²) in [6, 6.07) is 10.6. The lowest BCUT2D eigenvalue weighted by Crippen LogP contribution is -2.42. The standard InChI is InChI=1S/C21H22N2O6/c1-29-19-12-15(9-10-18(19)23(27)28)20(24)22-17(21(25)26)11-14-7-4-6-13-5-2-3-8-16(13)14/h2-3,5,8-10,12,14,17H,4,6-7,11H2,1H3,(H,22,24)(H,25,26). The molecule has 3 rings (SSSR count). The minimum Gasteiger partial charge on any atom is -0.490 e. The summed E-state index contributed by atoms with van der Waals surface area (Å²) in [6.07, 6.45) is 3.09. The van der Waals surface area contributed by atoms with E-state index in [9.17, 15) is 24.8 Å². The van der Waals surface area contributed by atoms with E-state index in [-0.39, 0.29) is 29.3 Å². The van der Waals surface area contributed by atoms with Crippen LogP contribution in [0.1, 0.15) is 46.7 Å². The summed E-state index contributed by atoms with van der Waals surface area (Å²) in [4.78, 5) is 34.8. The van der Waals surface area contributed by atoms with Gasteiger partial charge in [-0.2, -0.15) is 0 Å². The highest BCUT2D eigenvalue weighted by Crippen LogP contribution is 2.35. The number of carbonyl (C=O) groups is 2. The summed E-state index contributed by atoms with van der Waals surface area (Å²) < 4.78 is 4.97. The third kappa shape index (κ3) is 4.53. The first kappa shape index (κ1) is 20.3. The van der Waals surface area contributed by atoms with Crippen LogP contribution >= 0.6 is 0 Å². The minimum atomic E-state index is -1.12. The number of methoxy groups -OCH3 is 1. The van der Waals surface area contributed by atoms with E-state index >= 15 is 0 Å². The van der Waals surface area contributed by atoms with Crippen molar-refractivity contribution in [1.82, 2.24) is 5.32 Å². The van der Waals surface area contributed by atoms with Crippen molar-refractivity contribution < 1.29 is 24.4 Å². The van der Waals surface area contributed by atoms with Crippen molar-refractivity contribution in [2.45, 2.75) is 37.6 Å². The lowest BCUT2D eigenvalue weighted by Gasteiger charge is -2.28. The molecule has 2 atom stereocenters. The van der Waals surface area contributed by atoms with Gasteiger partial charge in [0.15, 0.2) is 5.75 Å². The Labute approximate surface area is 167 Å². The number of benzene rings is 2. The molecule has 0 aromatic heterocycles. The number of fused-ring (bicyclic) bond motifs is 1. The second-order valence-electron chi connectivity index (χ2n) is 7.03. The Kier molecular flexibility index (Phi) is 6.11. The quantitative estimate of drug-likeness (QED) is 0.546. The van der Waals surface area contributed by atoms with Gasteiger partial charge in [0.2, 0.25) is 0 Å². The molecule has 1 aliphatic carbocycles. The number of carboxylic acid groups (broad SMARTS) is 1. The zero-order valence-electron chi connectivity index (χ0n) is 16.0. The Balaban J connectivity index is 1.77. The molecule has 2 unspecified atom stereocenters. The van der Waals surface area contributed by atoms with Crippen molar-refractivity contribution >= 4 is 17.6 Å². The van der Waals surface area contributed by atoms with Gasteiger partial charge in [-0.3, -0.25) is 14.9 Å². The van der Waals surface area contributed by atoms with Gasteiger partial charge in [0.25, 0.3) is 5.91 Å². The topological polar surface area (TPSA) is 119 Å². The summed E-state index contributed by atoms with van der Waals surface area (Å²) >= 11 is 0. The van der Waals surface area contributed by atoms with Gasteiger partial charge in [0.05, 0.1) is 12.0 Å². The molecule has 8 heteroatoms. The lowest BCUT2D eigenvalue weighted by atomic mass is 9.79. The molecule has 2 N–H and O–H groups in total. The Morgan fingerprint density at radius 1 is 1.31 bits per heavy atom. The molecule has 1 amide bonds. The van der Waals surface area contributed by atoms with Crippen LogP contribution in [-0.4, -0.2) is 35.1 Å². The van der Waals surface area contributed by atoms with Crippen LogP contribution in [0.3, 0.4) is 0 Å². The van der Waals surface area contributed by atoms with E-state index in [0.717, 1.165) is 24.8 Å². The van der Waals surface area contributed by atoms with Crippen molar-refractivity contribution in [3.05, 3.63) is 69.3 Å². The number of carboxylic acids is 1. The minimum absolute atomic E-state index is 0.0488. The SMILES string of the molecule is COc1cc(C(=O)NC(CC2CCCc3ccccc32)C(=O)O)ccc1[N+](=O)[O-]. The number of hydrogen-bond donors (Lipinski definition) is 2. The second kappa shape index (κ2) is 8.72. The molecule has 8 nitrogen and oxygen atoms in total. The molecule has 0 saturated heterocycles. The van der Waals surface area contributed by atoms with Crippen LogP contribution < -0.4 is 10.1 Å². The molecular formula is C21H22N2O6. The summed E-state index contributed by atoms with van der Waals surface area (Å²) in [5.41, 5.74) is 2.19. The Morgan fingerprint density at radius 2 is 2.07 bits per heavy atom. The van der Waals surface area contributed by atoms with E-state index in [1.54, 1.807) is 0 Å².